The van der Waals surface area contributed by atoms with Crippen LogP contribution in [0.25, 0.3) is 10.2 Å². The molecule has 0 fully saturated rings. The van der Waals surface area contributed by atoms with E-state index in [0.717, 1.165) is 20.4 Å². The first-order chi connectivity index (χ1) is 6.20. The topological polar surface area (TPSA) is 22.1 Å². The van der Waals surface area contributed by atoms with Crippen molar-refractivity contribution in [2.75, 3.05) is 7.11 Å². The Bertz CT molecular complexity index is 457. The summed E-state index contributed by atoms with van der Waals surface area (Å²) in [6, 6.07) is 3.82. The van der Waals surface area contributed by atoms with E-state index in [1.165, 1.54) is 11.3 Å². The van der Waals surface area contributed by atoms with Gasteiger partial charge in [0.25, 0.3) is 0 Å². The van der Waals surface area contributed by atoms with E-state index >= 15 is 0 Å². The third-order valence-electron chi connectivity index (χ3n) is 1.64. The van der Waals surface area contributed by atoms with Gasteiger partial charge in [-0.05, 0) is 22.0 Å². The summed E-state index contributed by atoms with van der Waals surface area (Å²) in [5.41, 5.74) is 0.870. The Labute approximate surface area is 92.6 Å². The maximum atomic E-state index is 5.78. The molecule has 2 rings (SSSR count). The van der Waals surface area contributed by atoms with Crippen molar-refractivity contribution in [1.29, 1.82) is 0 Å². The maximum Gasteiger partial charge on any atom is 0.184 e. The molecule has 0 bridgehead atoms. The van der Waals surface area contributed by atoms with Gasteiger partial charge in [-0.15, -0.1) is 11.3 Å². The average Bonchev–Trinajstić information content (AvgIpc) is 2.42. The number of methoxy groups -OCH3 is 1. The van der Waals surface area contributed by atoms with Crippen LogP contribution in [0, 0.1) is 0 Å². The number of nitrogens with zero attached hydrogens (tertiary/aromatic N) is 1. The molecule has 0 N–H and O–H groups in total. The summed E-state index contributed by atoms with van der Waals surface area (Å²) in [7, 11) is 1.62. The summed E-state index contributed by atoms with van der Waals surface area (Å²) >= 11 is 10.6. The van der Waals surface area contributed by atoms with Gasteiger partial charge in [-0.1, -0.05) is 11.6 Å². The maximum absolute atomic E-state index is 5.78. The lowest BCUT2D eigenvalue weighted by molar-refractivity contribution is 0.413. The van der Waals surface area contributed by atoms with Gasteiger partial charge in [0.2, 0.25) is 0 Å². The molecule has 1 aromatic heterocycles. The molecule has 0 saturated carbocycles. The van der Waals surface area contributed by atoms with E-state index in [0.29, 0.717) is 4.47 Å². The SMILES string of the molecule is COc1cc2nc(Cl)sc2cc1Br. The van der Waals surface area contributed by atoms with Crippen LogP contribution in [-0.4, -0.2) is 12.1 Å². The van der Waals surface area contributed by atoms with Crippen molar-refractivity contribution < 1.29 is 4.74 Å². The second-order valence-corrected chi connectivity index (χ2v) is 4.89. The summed E-state index contributed by atoms with van der Waals surface area (Å²) in [6.07, 6.45) is 0. The second kappa shape index (κ2) is 3.44. The van der Waals surface area contributed by atoms with E-state index in [4.69, 9.17) is 16.3 Å². The van der Waals surface area contributed by atoms with Crippen LogP contribution in [0.2, 0.25) is 4.47 Å². The molecular formula is C8H5BrClNOS. The monoisotopic (exact) mass is 277 g/mol. The van der Waals surface area contributed by atoms with Gasteiger partial charge in [0, 0.05) is 6.07 Å². The molecule has 5 heteroatoms. The highest BCUT2D eigenvalue weighted by molar-refractivity contribution is 9.10. The van der Waals surface area contributed by atoms with Gasteiger partial charge in [0.05, 0.1) is 21.8 Å². The fourth-order valence-corrected chi connectivity index (χ4v) is 2.77. The third-order valence-corrected chi connectivity index (χ3v) is 3.38. The number of ether oxygens (including phenoxy) is 1. The molecule has 0 aliphatic carbocycles. The standard InChI is InChI=1S/C8H5BrClNOS/c1-12-6-3-5-7(2-4(6)9)13-8(10)11-5/h2-3H,1H3. The van der Waals surface area contributed by atoms with Crippen LogP contribution in [0.3, 0.4) is 0 Å². The zero-order chi connectivity index (χ0) is 9.42. The normalized spacial score (nSPS) is 10.7. The number of hydrogen-bond donors (Lipinski definition) is 0. The van der Waals surface area contributed by atoms with Gasteiger partial charge < -0.3 is 4.74 Å². The zero-order valence-electron chi connectivity index (χ0n) is 6.67. The molecule has 2 aromatic rings. The highest BCUT2D eigenvalue weighted by Crippen LogP contribution is 2.34. The van der Waals surface area contributed by atoms with Gasteiger partial charge in [-0.3, -0.25) is 0 Å². The second-order valence-electron chi connectivity index (χ2n) is 2.42. The number of aromatic nitrogens is 1. The van der Waals surface area contributed by atoms with E-state index in [-0.39, 0.29) is 0 Å². The van der Waals surface area contributed by atoms with Crippen LogP contribution in [-0.2, 0) is 0 Å². The summed E-state index contributed by atoms with van der Waals surface area (Å²) < 4.78 is 7.66. The van der Waals surface area contributed by atoms with E-state index in [1.807, 2.05) is 12.1 Å². The minimum atomic E-state index is 0.551. The Kier molecular flexibility index (Phi) is 2.45. The molecular weight excluding hydrogens is 274 g/mol. The fraction of sp³-hybridized carbons (Fsp3) is 0.125. The minimum absolute atomic E-state index is 0.551. The first-order valence-corrected chi connectivity index (χ1v) is 5.49. The largest absolute Gasteiger partial charge is 0.495 e. The Hall–Kier alpha value is -0.320. The lowest BCUT2D eigenvalue weighted by atomic mass is 10.3. The molecule has 0 aliphatic heterocycles. The van der Waals surface area contributed by atoms with E-state index in [9.17, 15) is 0 Å². The molecule has 1 heterocycles. The fourth-order valence-electron chi connectivity index (χ4n) is 1.06. The van der Waals surface area contributed by atoms with Gasteiger partial charge in [0.15, 0.2) is 4.47 Å². The number of halogens is 2. The summed E-state index contributed by atoms with van der Waals surface area (Å²) in [5, 5.41) is 0. The molecule has 2 nitrogen and oxygen atoms in total. The molecule has 0 amide bonds. The Morgan fingerprint density at radius 2 is 2.31 bits per heavy atom. The third kappa shape index (κ3) is 1.66. The first kappa shape index (κ1) is 9.24. The molecule has 0 saturated heterocycles. The van der Waals surface area contributed by atoms with Crippen molar-refractivity contribution in [1.82, 2.24) is 4.98 Å². The van der Waals surface area contributed by atoms with Crippen molar-refractivity contribution in [3.63, 3.8) is 0 Å². The molecule has 0 atom stereocenters. The number of fused-ring (bicyclic) bond motifs is 1. The predicted octanol–water partition coefficient (Wildman–Crippen LogP) is 3.72. The van der Waals surface area contributed by atoms with Crippen molar-refractivity contribution in [3.8, 4) is 5.75 Å². The number of benzene rings is 1. The van der Waals surface area contributed by atoms with Crippen molar-refractivity contribution >= 4 is 49.1 Å². The van der Waals surface area contributed by atoms with E-state index in [1.54, 1.807) is 7.11 Å². The van der Waals surface area contributed by atoms with Gasteiger partial charge in [-0.2, -0.15) is 0 Å². The summed E-state index contributed by atoms with van der Waals surface area (Å²) in [6.45, 7) is 0. The van der Waals surface area contributed by atoms with Crippen molar-refractivity contribution in [3.05, 3.63) is 21.1 Å². The van der Waals surface area contributed by atoms with Crippen LogP contribution in [0.4, 0.5) is 0 Å². The van der Waals surface area contributed by atoms with Gasteiger partial charge in [-0.25, -0.2) is 4.98 Å². The molecule has 1 aromatic carbocycles. The van der Waals surface area contributed by atoms with Gasteiger partial charge in [0.1, 0.15) is 5.75 Å². The lowest BCUT2D eigenvalue weighted by Crippen LogP contribution is -1.83. The van der Waals surface area contributed by atoms with Crippen LogP contribution < -0.4 is 4.74 Å². The lowest BCUT2D eigenvalue weighted by Gasteiger charge is -2.01. The van der Waals surface area contributed by atoms with Crippen LogP contribution in [0.5, 0.6) is 5.75 Å². The highest BCUT2D eigenvalue weighted by Gasteiger charge is 2.06. The average molecular weight is 279 g/mol. The number of thiazole rings is 1. The van der Waals surface area contributed by atoms with Crippen molar-refractivity contribution in [2.24, 2.45) is 0 Å². The van der Waals surface area contributed by atoms with Crippen LogP contribution in [0.15, 0.2) is 16.6 Å². The molecule has 0 spiro atoms. The van der Waals surface area contributed by atoms with E-state index in [2.05, 4.69) is 20.9 Å². The zero-order valence-corrected chi connectivity index (χ0v) is 9.83. The predicted molar refractivity (Wildman–Crippen MR) is 58.9 cm³/mol. The van der Waals surface area contributed by atoms with E-state index < -0.39 is 0 Å². The molecule has 0 unspecified atom stereocenters. The van der Waals surface area contributed by atoms with Crippen molar-refractivity contribution in [2.45, 2.75) is 0 Å². The smallest absolute Gasteiger partial charge is 0.184 e. The first-order valence-electron chi connectivity index (χ1n) is 3.50. The van der Waals surface area contributed by atoms with Crippen LogP contribution >= 0.6 is 38.9 Å². The highest BCUT2D eigenvalue weighted by atomic mass is 79.9. The summed E-state index contributed by atoms with van der Waals surface area (Å²) in [5.74, 6) is 0.773. The summed E-state index contributed by atoms with van der Waals surface area (Å²) in [4.78, 5) is 4.15. The Morgan fingerprint density at radius 1 is 1.54 bits per heavy atom. The quantitative estimate of drug-likeness (QED) is 0.793. The molecule has 68 valence electrons. The van der Waals surface area contributed by atoms with Gasteiger partial charge >= 0.3 is 0 Å². The number of rotatable bonds is 1. The Morgan fingerprint density at radius 3 is 3.00 bits per heavy atom. The molecule has 0 radical (unpaired) electrons. The number of hydrogen-bond acceptors (Lipinski definition) is 3. The Balaban J connectivity index is 2.72. The van der Waals surface area contributed by atoms with Crippen LogP contribution in [0.1, 0.15) is 0 Å². The molecule has 0 aliphatic rings. The minimum Gasteiger partial charge on any atom is -0.495 e. The molecule has 13 heavy (non-hydrogen) atoms.